The van der Waals surface area contributed by atoms with Crippen LogP contribution < -0.4 is 4.74 Å². The van der Waals surface area contributed by atoms with Gasteiger partial charge in [-0.1, -0.05) is 28.1 Å². The number of ether oxygens (including phenoxy) is 2. The zero-order chi connectivity index (χ0) is 13.8. The van der Waals surface area contributed by atoms with Gasteiger partial charge in [0.2, 0.25) is 0 Å². The van der Waals surface area contributed by atoms with Crippen LogP contribution in [0, 0.1) is 0 Å². The molecule has 2 atom stereocenters. The predicted octanol–water partition coefficient (Wildman–Crippen LogP) is 4.10. The van der Waals surface area contributed by atoms with Gasteiger partial charge in [-0.2, -0.15) is 13.2 Å². The van der Waals surface area contributed by atoms with Crippen LogP contribution >= 0.6 is 15.9 Å². The summed E-state index contributed by atoms with van der Waals surface area (Å²) in [5.41, 5.74) is 0.670. The average molecular weight is 327 g/mol. The van der Waals surface area contributed by atoms with Crippen molar-refractivity contribution < 1.29 is 22.6 Å². The Bertz CT molecular complexity index is 365. The molecule has 102 valence electrons. The number of hydrogen-bond donors (Lipinski definition) is 0. The summed E-state index contributed by atoms with van der Waals surface area (Å²) < 4.78 is 47.3. The number of halogens is 4. The molecule has 0 bridgehead atoms. The predicted molar refractivity (Wildman–Crippen MR) is 66.1 cm³/mol. The minimum absolute atomic E-state index is 0.291. The molecule has 0 spiro atoms. The van der Waals surface area contributed by atoms with Crippen LogP contribution in [-0.4, -0.2) is 24.7 Å². The van der Waals surface area contributed by atoms with Crippen LogP contribution in [0.4, 0.5) is 13.2 Å². The Morgan fingerprint density at radius 2 is 1.78 bits per heavy atom. The van der Waals surface area contributed by atoms with Gasteiger partial charge in [-0.05, 0) is 24.6 Å². The van der Waals surface area contributed by atoms with Crippen molar-refractivity contribution in [3.05, 3.63) is 29.8 Å². The summed E-state index contributed by atoms with van der Waals surface area (Å²) in [5.74, 6) is 0.649. The minimum Gasteiger partial charge on any atom is -0.497 e. The van der Waals surface area contributed by atoms with Gasteiger partial charge < -0.3 is 9.47 Å². The molecular formula is C12H14BrF3O2. The van der Waals surface area contributed by atoms with E-state index in [4.69, 9.17) is 9.47 Å². The molecule has 1 aromatic rings. The van der Waals surface area contributed by atoms with E-state index < -0.39 is 18.4 Å². The van der Waals surface area contributed by atoms with Crippen molar-refractivity contribution >= 4 is 15.9 Å². The van der Waals surface area contributed by atoms with Gasteiger partial charge in [0.25, 0.3) is 0 Å². The van der Waals surface area contributed by atoms with E-state index in [9.17, 15) is 13.2 Å². The van der Waals surface area contributed by atoms with Gasteiger partial charge in [0.1, 0.15) is 5.75 Å². The van der Waals surface area contributed by atoms with E-state index in [2.05, 4.69) is 15.9 Å². The number of rotatable bonds is 5. The molecule has 0 aliphatic heterocycles. The van der Waals surface area contributed by atoms with E-state index in [1.54, 1.807) is 24.3 Å². The molecule has 2 unspecified atom stereocenters. The molecule has 0 aromatic heterocycles. The van der Waals surface area contributed by atoms with Crippen molar-refractivity contribution in [2.75, 3.05) is 12.4 Å². The first-order valence-electron chi connectivity index (χ1n) is 5.30. The molecule has 0 amide bonds. The molecule has 0 heterocycles. The monoisotopic (exact) mass is 326 g/mol. The van der Waals surface area contributed by atoms with Gasteiger partial charge >= 0.3 is 6.18 Å². The van der Waals surface area contributed by atoms with E-state index in [1.807, 2.05) is 0 Å². The smallest absolute Gasteiger partial charge is 0.414 e. The molecular weight excluding hydrogens is 313 g/mol. The van der Waals surface area contributed by atoms with E-state index in [0.29, 0.717) is 16.6 Å². The molecule has 18 heavy (non-hydrogen) atoms. The molecule has 0 aliphatic rings. The highest BCUT2D eigenvalue weighted by Crippen LogP contribution is 2.29. The van der Waals surface area contributed by atoms with Gasteiger partial charge in [-0.15, -0.1) is 0 Å². The average Bonchev–Trinajstić information content (AvgIpc) is 2.34. The highest BCUT2D eigenvalue weighted by atomic mass is 79.9. The molecule has 0 aliphatic carbocycles. The standard InChI is InChI=1S/C12H14BrF3O2/c1-8(12(14,15)16)18-11(7-13)9-3-5-10(17-2)6-4-9/h3-6,8,11H,7H2,1-2H3. The molecule has 1 rings (SSSR count). The van der Waals surface area contributed by atoms with Crippen molar-refractivity contribution in [2.45, 2.75) is 25.3 Å². The van der Waals surface area contributed by atoms with Gasteiger partial charge in [0.15, 0.2) is 6.10 Å². The van der Waals surface area contributed by atoms with Crippen LogP contribution in [0.15, 0.2) is 24.3 Å². The number of benzene rings is 1. The van der Waals surface area contributed by atoms with Crippen LogP contribution in [0.3, 0.4) is 0 Å². The van der Waals surface area contributed by atoms with Gasteiger partial charge in [0.05, 0.1) is 13.2 Å². The second-order valence-corrected chi connectivity index (χ2v) is 4.38. The lowest BCUT2D eigenvalue weighted by atomic mass is 10.1. The fourth-order valence-corrected chi connectivity index (χ4v) is 1.87. The number of methoxy groups -OCH3 is 1. The quantitative estimate of drug-likeness (QED) is 0.758. The normalized spacial score (nSPS) is 15.2. The summed E-state index contributed by atoms with van der Waals surface area (Å²) >= 11 is 3.16. The molecule has 2 nitrogen and oxygen atoms in total. The third-order valence-corrected chi connectivity index (χ3v) is 3.05. The third-order valence-electron chi connectivity index (χ3n) is 2.46. The SMILES string of the molecule is COc1ccc(C(CBr)OC(C)C(F)(F)F)cc1. The molecule has 6 heteroatoms. The molecule has 1 aromatic carbocycles. The Hall–Kier alpha value is -0.750. The number of alkyl halides is 4. The van der Waals surface area contributed by atoms with E-state index >= 15 is 0 Å². The summed E-state index contributed by atoms with van der Waals surface area (Å²) in [7, 11) is 1.53. The highest BCUT2D eigenvalue weighted by molar-refractivity contribution is 9.09. The van der Waals surface area contributed by atoms with Crippen LogP contribution in [0.5, 0.6) is 5.75 Å². The first kappa shape index (κ1) is 15.3. The van der Waals surface area contributed by atoms with Crippen molar-refractivity contribution in [1.29, 1.82) is 0 Å². The Kier molecular flexibility index (Phi) is 5.47. The molecule has 0 N–H and O–H groups in total. The van der Waals surface area contributed by atoms with Crippen LogP contribution in [0.25, 0.3) is 0 Å². The zero-order valence-electron chi connectivity index (χ0n) is 10.00. The van der Waals surface area contributed by atoms with Crippen LogP contribution in [0.2, 0.25) is 0 Å². The van der Waals surface area contributed by atoms with Crippen molar-refractivity contribution in [3.63, 3.8) is 0 Å². The maximum atomic E-state index is 12.4. The second kappa shape index (κ2) is 6.43. The maximum Gasteiger partial charge on any atom is 0.414 e. The Balaban J connectivity index is 2.76. The van der Waals surface area contributed by atoms with E-state index in [-0.39, 0.29) is 0 Å². The molecule has 0 saturated heterocycles. The molecule has 0 saturated carbocycles. The Morgan fingerprint density at radius 1 is 1.22 bits per heavy atom. The third kappa shape index (κ3) is 4.17. The summed E-state index contributed by atoms with van der Waals surface area (Å²) in [4.78, 5) is 0. The van der Waals surface area contributed by atoms with Crippen LogP contribution in [0.1, 0.15) is 18.6 Å². The lowest BCUT2D eigenvalue weighted by molar-refractivity contribution is -0.225. The fraction of sp³-hybridized carbons (Fsp3) is 0.500. The second-order valence-electron chi connectivity index (χ2n) is 3.74. The topological polar surface area (TPSA) is 18.5 Å². The van der Waals surface area contributed by atoms with Gasteiger partial charge in [0, 0.05) is 5.33 Å². The van der Waals surface area contributed by atoms with Crippen molar-refractivity contribution in [1.82, 2.24) is 0 Å². The molecule has 0 radical (unpaired) electrons. The molecule has 0 fully saturated rings. The summed E-state index contributed by atoms with van der Waals surface area (Å²) in [6, 6.07) is 6.75. The first-order valence-corrected chi connectivity index (χ1v) is 6.42. The Labute approximate surface area is 112 Å². The largest absolute Gasteiger partial charge is 0.497 e. The highest BCUT2D eigenvalue weighted by Gasteiger charge is 2.38. The summed E-state index contributed by atoms with van der Waals surface area (Å²) in [6.07, 6.45) is -6.80. The van der Waals surface area contributed by atoms with Gasteiger partial charge in [-0.25, -0.2) is 0 Å². The number of hydrogen-bond acceptors (Lipinski definition) is 2. The zero-order valence-corrected chi connectivity index (χ0v) is 11.6. The maximum absolute atomic E-state index is 12.4. The van der Waals surface area contributed by atoms with E-state index in [1.165, 1.54) is 7.11 Å². The van der Waals surface area contributed by atoms with Crippen molar-refractivity contribution in [2.24, 2.45) is 0 Å². The lowest BCUT2D eigenvalue weighted by Crippen LogP contribution is -2.30. The van der Waals surface area contributed by atoms with Crippen molar-refractivity contribution in [3.8, 4) is 5.75 Å². The van der Waals surface area contributed by atoms with Crippen LogP contribution in [-0.2, 0) is 4.74 Å². The Morgan fingerprint density at radius 3 is 2.17 bits per heavy atom. The first-order chi connectivity index (χ1) is 8.38. The lowest BCUT2D eigenvalue weighted by Gasteiger charge is -2.23. The fourth-order valence-electron chi connectivity index (χ4n) is 1.35. The minimum atomic E-state index is -4.35. The van der Waals surface area contributed by atoms with Gasteiger partial charge in [-0.3, -0.25) is 0 Å². The van der Waals surface area contributed by atoms with E-state index in [0.717, 1.165) is 6.92 Å². The summed E-state index contributed by atoms with van der Waals surface area (Å²) in [6.45, 7) is 0.999. The summed E-state index contributed by atoms with van der Waals surface area (Å²) in [5, 5.41) is 0.291.